The van der Waals surface area contributed by atoms with E-state index in [1.807, 2.05) is 6.08 Å². The minimum atomic E-state index is -2.41. The van der Waals surface area contributed by atoms with Crippen molar-refractivity contribution >= 4 is 19.3 Å². The van der Waals surface area contributed by atoms with Crippen molar-refractivity contribution < 1.29 is 8.85 Å². The first-order valence-corrected chi connectivity index (χ1v) is 11.6. The van der Waals surface area contributed by atoms with Crippen molar-refractivity contribution in [2.45, 2.75) is 57.4 Å². The SMILES string of the molecule is C=CC[C@@H]1C=C[C@H](c2ccc3ccccc3c2)O[Si](C(C)C)(C(C)C)O1. The molecule has 2 aromatic carbocycles. The van der Waals surface area contributed by atoms with Gasteiger partial charge >= 0.3 is 8.56 Å². The molecule has 3 rings (SSSR count). The number of rotatable bonds is 5. The molecule has 0 saturated carbocycles. The van der Waals surface area contributed by atoms with Gasteiger partial charge < -0.3 is 8.85 Å². The zero-order chi connectivity index (χ0) is 18.7. The molecule has 2 nitrogen and oxygen atoms in total. The van der Waals surface area contributed by atoms with Gasteiger partial charge in [-0.25, -0.2) is 0 Å². The molecule has 2 aromatic rings. The van der Waals surface area contributed by atoms with E-state index < -0.39 is 8.56 Å². The van der Waals surface area contributed by atoms with E-state index in [4.69, 9.17) is 8.85 Å². The molecule has 0 N–H and O–H groups in total. The quantitative estimate of drug-likeness (QED) is 0.433. The van der Waals surface area contributed by atoms with Crippen LogP contribution in [-0.4, -0.2) is 14.7 Å². The Hall–Kier alpha value is -1.68. The first-order chi connectivity index (χ1) is 12.5. The van der Waals surface area contributed by atoms with Crippen LogP contribution in [0.1, 0.15) is 45.8 Å². The maximum absolute atomic E-state index is 6.83. The largest absolute Gasteiger partial charge is 0.387 e. The molecule has 0 aromatic heterocycles. The number of benzene rings is 2. The number of hydrogen-bond donors (Lipinski definition) is 0. The fraction of sp³-hybridized carbons (Fsp3) is 0.391. The topological polar surface area (TPSA) is 18.5 Å². The second-order valence-corrected chi connectivity index (χ2v) is 12.0. The molecule has 2 atom stereocenters. The van der Waals surface area contributed by atoms with E-state index in [9.17, 15) is 0 Å². The van der Waals surface area contributed by atoms with E-state index in [-0.39, 0.29) is 12.2 Å². The summed E-state index contributed by atoms with van der Waals surface area (Å²) in [5.74, 6) is 0. The molecule has 1 heterocycles. The maximum atomic E-state index is 6.83. The zero-order valence-electron chi connectivity index (χ0n) is 16.3. The molecule has 0 spiro atoms. The standard InChI is InChI=1S/C23H30O2Si/c1-6-9-22-14-15-23(25-26(24-22,17(2)3)18(4)5)21-13-12-19-10-7-8-11-20(19)16-21/h6-8,10-18,22-23H,1,9H2,2-5H3/t22-,23-/m1/s1. The molecule has 3 heteroatoms. The molecule has 1 aliphatic rings. The van der Waals surface area contributed by atoms with Crippen molar-refractivity contribution in [3.8, 4) is 0 Å². The molecular weight excluding hydrogens is 336 g/mol. The molecule has 0 aliphatic carbocycles. The Balaban J connectivity index is 2.03. The Bertz CT molecular complexity index is 786. The van der Waals surface area contributed by atoms with Crippen molar-refractivity contribution in [2.24, 2.45) is 0 Å². The molecule has 0 amide bonds. The van der Waals surface area contributed by atoms with Crippen LogP contribution in [0.15, 0.2) is 67.3 Å². The Kier molecular flexibility index (Phi) is 5.81. The van der Waals surface area contributed by atoms with E-state index >= 15 is 0 Å². The predicted octanol–water partition coefficient (Wildman–Crippen LogP) is 6.69. The molecule has 0 unspecified atom stereocenters. The summed E-state index contributed by atoms with van der Waals surface area (Å²) in [4.78, 5) is 0. The monoisotopic (exact) mass is 366 g/mol. The van der Waals surface area contributed by atoms with Crippen LogP contribution in [0.3, 0.4) is 0 Å². The van der Waals surface area contributed by atoms with Gasteiger partial charge in [0.25, 0.3) is 0 Å². The molecule has 1 aliphatic heterocycles. The minimum absolute atomic E-state index is 0.0504. The van der Waals surface area contributed by atoms with Gasteiger partial charge in [-0.2, -0.15) is 0 Å². The molecule has 138 valence electrons. The highest BCUT2D eigenvalue weighted by molar-refractivity contribution is 6.70. The Morgan fingerprint density at radius 1 is 0.962 bits per heavy atom. The average molecular weight is 367 g/mol. The van der Waals surface area contributed by atoms with Gasteiger partial charge in [-0.3, -0.25) is 0 Å². The number of fused-ring (bicyclic) bond motifs is 1. The van der Waals surface area contributed by atoms with E-state index in [1.165, 1.54) is 16.3 Å². The highest BCUT2D eigenvalue weighted by atomic mass is 28.4. The van der Waals surface area contributed by atoms with Gasteiger partial charge in [0.2, 0.25) is 0 Å². The molecule has 0 radical (unpaired) electrons. The summed E-state index contributed by atoms with van der Waals surface area (Å²) >= 11 is 0. The third-order valence-electron chi connectivity index (χ3n) is 5.26. The maximum Gasteiger partial charge on any atom is 0.344 e. The Labute approximate surface area is 158 Å². The van der Waals surface area contributed by atoms with Crippen molar-refractivity contribution in [3.05, 3.63) is 72.8 Å². The van der Waals surface area contributed by atoms with Crippen LogP contribution >= 0.6 is 0 Å². The fourth-order valence-electron chi connectivity index (χ4n) is 3.83. The van der Waals surface area contributed by atoms with Crippen LogP contribution in [0.25, 0.3) is 10.8 Å². The fourth-order valence-corrected chi connectivity index (χ4v) is 7.57. The van der Waals surface area contributed by atoms with Crippen LogP contribution in [0, 0.1) is 0 Å². The van der Waals surface area contributed by atoms with Gasteiger partial charge in [0, 0.05) is 0 Å². The van der Waals surface area contributed by atoms with Gasteiger partial charge in [0.05, 0.1) is 12.2 Å². The first-order valence-electron chi connectivity index (χ1n) is 9.60. The van der Waals surface area contributed by atoms with E-state index in [0.29, 0.717) is 11.1 Å². The molecule has 0 fully saturated rings. The summed E-state index contributed by atoms with van der Waals surface area (Å²) in [6, 6.07) is 15.1. The minimum Gasteiger partial charge on any atom is -0.387 e. The summed E-state index contributed by atoms with van der Waals surface area (Å²) in [6.45, 7) is 12.8. The summed E-state index contributed by atoms with van der Waals surface area (Å²) in [5, 5.41) is 2.50. The van der Waals surface area contributed by atoms with Crippen LogP contribution in [-0.2, 0) is 8.85 Å². The highest BCUT2D eigenvalue weighted by Gasteiger charge is 2.48. The van der Waals surface area contributed by atoms with Gasteiger partial charge in [0.15, 0.2) is 0 Å². The van der Waals surface area contributed by atoms with Crippen LogP contribution < -0.4 is 0 Å². The van der Waals surface area contributed by atoms with Crippen molar-refractivity contribution in [2.75, 3.05) is 0 Å². The summed E-state index contributed by atoms with van der Waals surface area (Å²) in [6.07, 6.45) is 7.09. The van der Waals surface area contributed by atoms with E-state index in [0.717, 1.165) is 6.42 Å². The molecule has 26 heavy (non-hydrogen) atoms. The molecule has 0 saturated heterocycles. The normalized spacial score (nSPS) is 22.7. The van der Waals surface area contributed by atoms with Gasteiger partial charge in [-0.15, -0.1) is 6.58 Å². The lowest BCUT2D eigenvalue weighted by molar-refractivity contribution is 0.113. The third-order valence-corrected chi connectivity index (χ3v) is 9.77. The van der Waals surface area contributed by atoms with Crippen molar-refractivity contribution in [3.63, 3.8) is 0 Å². The van der Waals surface area contributed by atoms with Gasteiger partial charge in [-0.05, 0) is 39.9 Å². The van der Waals surface area contributed by atoms with Gasteiger partial charge in [0.1, 0.15) is 0 Å². The Morgan fingerprint density at radius 3 is 2.31 bits per heavy atom. The second kappa shape index (κ2) is 7.91. The van der Waals surface area contributed by atoms with Crippen LogP contribution in [0.4, 0.5) is 0 Å². The van der Waals surface area contributed by atoms with Crippen molar-refractivity contribution in [1.82, 2.24) is 0 Å². The Morgan fingerprint density at radius 2 is 1.65 bits per heavy atom. The van der Waals surface area contributed by atoms with Crippen LogP contribution in [0.5, 0.6) is 0 Å². The third kappa shape index (κ3) is 3.71. The lowest BCUT2D eigenvalue weighted by Gasteiger charge is -2.40. The average Bonchev–Trinajstić information content (AvgIpc) is 2.83. The summed E-state index contributed by atoms with van der Waals surface area (Å²) in [5.41, 5.74) is 1.94. The van der Waals surface area contributed by atoms with E-state index in [2.05, 4.69) is 88.9 Å². The summed E-state index contributed by atoms with van der Waals surface area (Å²) < 4.78 is 13.5. The smallest absolute Gasteiger partial charge is 0.344 e. The lowest BCUT2D eigenvalue weighted by atomic mass is 10.0. The zero-order valence-corrected chi connectivity index (χ0v) is 17.3. The number of hydrogen-bond acceptors (Lipinski definition) is 2. The van der Waals surface area contributed by atoms with Crippen molar-refractivity contribution in [1.29, 1.82) is 0 Å². The molecule has 0 bridgehead atoms. The van der Waals surface area contributed by atoms with Crippen LogP contribution in [0.2, 0.25) is 11.1 Å². The van der Waals surface area contributed by atoms with E-state index in [1.54, 1.807) is 0 Å². The lowest BCUT2D eigenvalue weighted by Crippen LogP contribution is -2.50. The first kappa shape index (κ1) is 19.1. The summed E-state index contributed by atoms with van der Waals surface area (Å²) in [7, 11) is -2.41. The van der Waals surface area contributed by atoms with Gasteiger partial charge in [-0.1, -0.05) is 82.3 Å². The second-order valence-electron chi connectivity index (χ2n) is 7.74. The predicted molar refractivity (Wildman–Crippen MR) is 113 cm³/mol. The molecular formula is C23H30O2Si. The highest BCUT2D eigenvalue weighted by Crippen LogP contribution is 2.42.